The van der Waals surface area contributed by atoms with E-state index in [9.17, 15) is 9.59 Å². The number of anilines is 1. The fourth-order valence-corrected chi connectivity index (χ4v) is 2.64. The van der Waals surface area contributed by atoms with Gasteiger partial charge in [-0.2, -0.15) is 0 Å². The van der Waals surface area contributed by atoms with E-state index < -0.39 is 5.91 Å². The van der Waals surface area contributed by atoms with E-state index in [2.05, 4.69) is 16.4 Å². The summed E-state index contributed by atoms with van der Waals surface area (Å²) in [6, 6.07) is 6.39. The van der Waals surface area contributed by atoms with Gasteiger partial charge in [-0.1, -0.05) is 0 Å². The van der Waals surface area contributed by atoms with E-state index >= 15 is 0 Å². The van der Waals surface area contributed by atoms with E-state index in [4.69, 9.17) is 5.73 Å². The molecule has 1 radical (unpaired) electrons. The van der Waals surface area contributed by atoms with Crippen LogP contribution in [0.4, 0.5) is 5.82 Å². The third-order valence-corrected chi connectivity index (χ3v) is 4.01. The van der Waals surface area contributed by atoms with Crippen LogP contribution in [0.1, 0.15) is 36.2 Å². The molecule has 2 aliphatic rings. The molecule has 1 aromatic rings. The van der Waals surface area contributed by atoms with Crippen LogP contribution >= 0.6 is 0 Å². The van der Waals surface area contributed by atoms with E-state index in [1.54, 1.807) is 12.1 Å². The number of carbonyl (C=O) groups is 2. The number of hydrogen-bond acceptors (Lipinski definition) is 4. The van der Waals surface area contributed by atoms with Crippen molar-refractivity contribution in [2.45, 2.75) is 31.7 Å². The summed E-state index contributed by atoms with van der Waals surface area (Å²) >= 11 is 0. The predicted molar refractivity (Wildman–Crippen MR) is 77.5 cm³/mol. The quantitative estimate of drug-likeness (QED) is 0.857. The van der Waals surface area contributed by atoms with Crippen molar-refractivity contribution in [1.82, 2.24) is 9.88 Å². The molecule has 1 aliphatic heterocycles. The standard InChI is InChI=1S/C15H19N4O2/c16-14(20)12-2-1-3-13(18-12)17-11-6-8-19(9-7-11)15(21)10-4-5-10/h1,3,10-11H,4-9H2,(H2,16,20)(H,17,18). The molecule has 3 rings (SSSR count). The van der Waals surface area contributed by atoms with Gasteiger partial charge in [-0.05, 0) is 37.8 Å². The van der Waals surface area contributed by atoms with Gasteiger partial charge in [0.05, 0.1) is 0 Å². The van der Waals surface area contributed by atoms with Crippen molar-refractivity contribution >= 4 is 17.6 Å². The second kappa shape index (κ2) is 5.71. The Balaban J connectivity index is 1.54. The highest BCUT2D eigenvalue weighted by Crippen LogP contribution is 2.32. The molecule has 1 aliphatic carbocycles. The van der Waals surface area contributed by atoms with Crippen LogP contribution in [0.2, 0.25) is 0 Å². The van der Waals surface area contributed by atoms with Crippen molar-refractivity contribution in [3.05, 3.63) is 23.9 Å². The fraction of sp³-hybridized carbons (Fsp3) is 0.533. The van der Waals surface area contributed by atoms with Crippen LogP contribution in [0.25, 0.3) is 0 Å². The first-order chi connectivity index (χ1) is 10.1. The Morgan fingerprint density at radius 1 is 1.29 bits per heavy atom. The van der Waals surface area contributed by atoms with Gasteiger partial charge in [0.1, 0.15) is 11.5 Å². The number of hydrogen-bond donors (Lipinski definition) is 2. The van der Waals surface area contributed by atoms with Gasteiger partial charge in [0.25, 0.3) is 5.91 Å². The molecule has 2 fully saturated rings. The summed E-state index contributed by atoms with van der Waals surface area (Å²) in [5.41, 5.74) is 5.34. The third-order valence-electron chi connectivity index (χ3n) is 4.01. The molecule has 1 aromatic heterocycles. The lowest BCUT2D eigenvalue weighted by Crippen LogP contribution is -2.43. The first-order valence-electron chi connectivity index (χ1n) is 7.37. The number of carbonyl (C=O) groups excluding carboxylic acids is 2. The molecule has 0 aromatic carbocycles. The number of rotatable bonds is 4. The molecule has 1 saturated carbocycles. The number of primary amides is 1. The molecule has 2 amide bonds. The summed E-state index contributed by atoms with van der Waals surface area (Å²) in [5, 5.41) is 3.30. The molecule has 6 nitrogen and oxygen atoms in total. The first-order valence-corrected chi connectivity index (χ1v) is 7.37. The zero-order chi connectivity index (χ0) is 14.8. The maximum Gasteiger partial charge on any atom is 0.268 e. The average Bonchev–Trinajstić information content (AvgIpc) is 3.32. The second-order valence-electron chi connectivity index (χ2n) is 5.71. The Kier molecular flexibility index (Phi) is 3.77. The molecule has 0 unspecified atom stereocenters. The van der Waals surface area contributed by atoms with Gasteiger partial charge in [-0.25, -0.2) is 4.98 Å². The number of nitrogens with zero attached hydrogens (tertiary/aromatic N) is 2. The minimum absolute atomic E-state index is 0.140. The second-order valence-corrected chi connectivity index (χ2v) is 5.71. The Bertz CT molecular complexity index is 548. The maximum atomic E-state index is 12.0. The number of amides is 2. The van der Waals surface area contributed by atoms with Gasteiger partial charge in [0.2, 0.25) is 5.91 Å². The fourth-order valence-electron chi connectivity index (χ4n) is 2.64. The Labute approximate surface area is 123 Å². The van der Waals surface area contributed by atoms with Crippen molar-refractivity contribution < 1.29 is 9.59 Å². The van der Waals surface area contributed by atoms with Crippen LogP contribution < -0.4 is 11.1 Å². The van der Waals surface area contributed by atoms with Crippen LogP contribution in [0.15, 0.2) is 12.1 Å². The van der Waals surface area contributed by atoms with E-state index in [0.29, 0.717) is 17.6 Å². The normalized spacial score (nSPS) is 19.3. The molecular weight excluding hydrogens is 268 g/mol. The first kappa shape index (κ1) is 13.9. The lowest BCUT2D eigenvalue weighted by Gasteiger charge is -2.32. The number of piperidine rings is 1. The van der Waals surface area contributed by atoms with Gasteiger partial charge in [-0.15, -0.1) is 0 Å². The van der Waals surface area contributed by atoms with Crippen LogP contribution in [0, 0.1) is 12.0 Å². The summed E-state index contributed by atoms with van der Waals surface area (Å²) in [5.74, 6) is 0.661. The smallest absolute Gasteiger partial charge is 0.268 e. The van der Waals surface area contributed by atoms with Gasteiger partial charge in [-0.3, -0.25) is 9.59 Å². The monoisotopic (exact) mass is 287 g/mol. The molecule has 3 N–H and O–H groups in total. The zero-order valence-electron chi connectivity index (χ0n) is 11.8. The maximum absolute atomic E-state index is 12.0. The highest BCUT2D eigenvalue weighted by atomic mass is 16.2. The number of aromatic nitrogens is 1. The van der Waals surface area contributed by atoms with Crippen molar-refractivity contribution in [3.63, 3.8) is 0 Å². The SMILES string of the molecule is NC(=O)c1[c]ccc(NC2CCN(C(=O)C3CC3)CC2)n1. The summed E-state index contributed by atoms with van der Waals surface area (Å²) in [7, 11) is 0. The summed E-state index contributed by atoms with van der Waals surface area (Å²) < 4.78 is 0. The highest BCUT2D eigenvalue weighted by Gasteiger charge is 2.34. The van der Waals surface area contributed by atoms with Gasteiger partial charge >= 0.3 is 0 Å². The Hall–Kier alpha value is -2.11. The number of nitrogens with two attached hydrogens (primary N) is 1. The topological polar surface area (TPSA) is 88.3 Å². The Morgan fingerprint density at radius 2 is 2.00 bits per heavy atom. The largest absolute Gasteiger partial charge is 0.367 e. The lowest BCUT2D eigenvalue weighted by molar-refractivity contribution is -0.133. The van der Waals surface area contributed by atoms with Crippen LogP contribution in [0.5, 0.6) is 0 Å². The van der Waals surface area contributed by atoms with E-state index in [0.717, 1.165) is 38.8 Å². The molecule has 0 spiro atoms. The molecule has 2 heterocycles. The zero-order valence-corrected chi connectivity index (χ0v) is 11.8. The summed E-state index contributed by atoms with van der Waals surface area (Å²) in [6.07, 6.45) is 3.89. The number of nitrogens with one attached hydrogen (secondary N) is 1. The van der Waals surface area contributed by atoms with Crippen molar-refractivity contribution in [2.24, 2.45) is 11.7 Å². The molecule has 111 valence electrons. The van der Waals surface area contributed by atoms with Crippen molar-refractivity contribution in [2.75, 3.05) is 18.4 Å². The van der Waals surface area contributed by atoms with E-state index in [1.807, 2.05) is 4.90 Å². The molecule has 0 atom stereocenters. The van der Waals surface area contributed by atoms with Crippen LogP contribution in [-0.4, -0.2) is 40.8 Å². The van der Waals surface area contributed by atoms with Gasteiger partial charge in [0, 0.05) is 31.1 Å². The van der Waals surface area contributed by atoms with Crippen molar-refractivity contribution in [1.29, 1.82) is 0 Å². The highest BCUT2D eigenvalue weighted by molar-refractivity contribution is 5.90. The molecule has 6 heteroatoms. The van der Waals surface area contributed by atoms with E-state index in [-0.39, 0.29) is 11.7 Å². The molecule has 21 heavy (non-hydrogen) atoms. The van der Waals surface area contributed by atoms with Crippen LogP contribution in [0.3, 0.4) is 0 Å². The van der Waals surface area contributed by atoms with Crippen LogP contribution in [-0.2, 0) is 4.79 Å². The summed E-state index contributed by atoms with van der Waals surface area (Å²) in [4.78, 5) is 29.2. The predicted octanol–water partition coefficient (Wildman–Crippen LogP) is 0.794. The Morgan fingerprint density at radius 3 is 2.62 bits per heavy atom. The van der Waals surface area contributed by atoms with Gasteiger partial charge in [0.15, 0.2) is 0 Å². The third kappa shape index (κ3) is 3.32. The molecular formula is C15H19N4O2. The van der Waals surface area contributed by atoms with E-state index in [1.165, 1.54) is 0 Å². The molecule has 0 bridgehead atoms. The lowest BCUT2D eigenvalue weighted by atomic mass is 10.0. The number of likely N-dealkylation sites (tertiary alicyclic amines) is 1. The molecule has 1 saturated heterocycles. The average molecular weight is 287 g/mol. The number of pyridine rings is 1. The minimum atomic E-state index is -0.580. The summed E-state index contributed by atoms with van der Waals surface area (Å²) in [6.45, 7) is 1.57. The minimum Gasteiger partial charge on any atom is -0.367 e. The van der Waals surface area contributed by atoms with Crippen molar-refractivity contribution in [3.8, 4) is 0 Å². The van der Waals surface area contributed by atoms with Gasteiger partial charge < -0.3 is 16.0 Å².